The van der Waals surface area contributed by atoms with Crippen LogP contribution in [0.2, 0.25) is 5.15 Å². The van der Waals surface area contributed by atoms with Crippen LogP contribution >= 0.6 is 22.9 Å². The number of carbonyl (C=O) groups excluding carboxylic acids is 1. The molecule has 0 bridgehead atoms. The van der Waals surface area contributed by atoms with Crippen LogP contribution in [0, 0.1) is 5.92 Å². The molecule has 0 spiro atoms. The van der Waals surface area contributed by atoms with Gasteiger partial charge in [0.25, 0.3) is 0 Å². The van der Waals surface area contributed by atoms with Crippen LogP contribution in [-0.2, 0) is 11.3 Å². The first-order valence-corrected chi connectivity index (χ1v) is 10.2. The van der Waals surface area contributed by atoms with Crippen LogP contribution in [0.15, 0.2) is 0 Å². The molecule has 1 aromatic rings. The Labute approximate surface area is 153 Å². The molecule has 1 N–H and O–H groups in total. The fourth-order valence-corrected chi connectivity index (χ4v) is 5.19. The summed E-state index contributed by atoms with van der Waals surface area (Å²) in [5, 5.41) is 4.84. The van der Waals surface area contributed by atoms with E-state index in [9.17, 15) is 4.79 Å². The molecule has 1 aromatic heterocycles. The number of likely N-dealkylation sites (tertiary alicyclic amines) is 1. The van der Waals surface area contributed by atoms with E-state index in [2.05, 4.69) is 27.0 Å². The highest BCUT2D eigenvalue weighted by Crippen LogP contribution is 2.34. The van der Waals surface area contributed by atoms with Gasteiger partial charge in [-0.05, 0) is 25.2 Å². The molecule has 2 aliphatic heterocycles. The second-order valence-electron chi connectivity index (χ2n) is 6.95. The van der Waals surface area contributed by atoms with Crippen LogP contribution in [-0.4, -0.2) is 48.0 Å². The highest BCUT2D eigenvalue weighted by atomic mass is 35.5. The third-order valence-corrected chi connectivity index (χ3v) is 6.47. The van der Waals surface area contributed by atoms with Crippen molar-refractivity contribution in [2.45, 2.75) is 52.1 Å². The lowest BCUT2D eigenvalue weighted by atomic mass is 9.98. The number of amides is 1. The quantitative estimate of drug-likeness (QED) is 0.835. The Morgan fingerprint density at radius 2 is 2.12 bits per heavy atom. The zero-order chi connectivity index (χ0) is 17.1. The minimum atomic E-state index is 0.0649. The van der Waals surface area contributed by atoms with Gasteiger partial charge in [0.05, 0.1) is 4.88 Å². The van der Waals surface area contributed by atoms with Crippen LogP contribution in [0.4, 0.5) is 5.13 Å². The number of hydrogen-bond acceptors (Lipinski definition) is 5. The van der Waals surface area contributed by atoms with E-state index in [0.717, 1.165) is 55.6 Å². The third kappa shape index (κ3) is 4.21. The van der Waals surface area contributed by atoms with Gasteiger partial charge in [0.2, 0.25) is 5.91 Å². The predicted molar refractivity (Wildman–Crippen MR) is 99.9 cm³/mol. The molecule has 2 aliphatic rings. The molecule has 3 heterocycles. The molecule has 134 valence electrons. The van der Waals surface area contributed by atoms with Crippen LogP contribution in [0.25, 0.3) is 0 Å². The minimum absolute atomic E-state index is 0.0649. The fourth-order valence-electron chi connectivity index (χ4n) is 3.84. The van der Waals surface area contributed by atoms with Gasteiger partial charge in [0, 0.05) is 45.7 Å². The van der Waals surface area contributed by atoms with Crippen LogP contribution in [0.1, 0.15) is 44.4 Å². The number of carbonyl (C=O) groups is 1. The van der Waals surface area contributed by atoms with Crippen molar-refractivity contribution < 1.29 is 4.79 Å². The Bertz CT molecular complexity index is 573. The summed E-state index contributed by atoms with van der Waals surface area (Å²) in [7, 11) is 0. The van der Waals surface area contributed by atoms with Gasteiger partial charge >= 0.3 is 0 Å². The number of thiazole rings is 1. The highest BCUT2D eigenvalue weighted by molar-refractivity contribution is 7.16. The van der Waals surface area contributed by atoms with E-state index >= 15 is 0 Å². The van der Waals surface area contributed by atoms with E-state index in [1.807, 2.05) is 0 Å². The van der Waals surface area contributed by atoms with Gasteiger partial charge in [-0.3, -0.25) is 9.69 Å². The summed E-state index contributed by atoms with van der Waals surface area (Å²) in [6.45, 7) is 8.75. The first-order chi connectivity index (χ1) is 11.6. The minimum Gasteiger partial charge on any atom is -0.352 e. The maximum Gasteiger partial charge on any atom is 0.217 e. The van der Waals surface area contributed by atoms with Gasteiger partial charge in [-0.15, -0.1) is 0 Å². The smallest absolute Gasteiger partial charge is 0.217 e. The van der Waals surface area contributed by atoms with Crippen molar-refractivity contribution in [3.63, 3.8) is 0 Å². The average Bonchev–Trinajstić information content (AvgIpc) is 3.22. The molecule has 0 aliphatic carbocycles. The van der Waals surface area contributed by atoms with Crippen LogP contribution < -0.4 is 10.2 Å². The summed E-state index contributed by atoms with van der Waals surface area (Å²) in [5.41, 5.74) is 0. The lowest BCUT2D eigenvalue weighted by Crippen LogP contribution is -2.39. The van der Waals surface area contributed by atoms with Crippen molar-refractivity contribution in [3.8, 4) is 0 Å². The van der Waals surface area contributed by atoms with Crippen molar-refractivity contribution in [3.05, 3.63) is 10.0 Å². The molecule has 0 radical (unpaired) electrons. The van der Waals surface area contributed by atoms with Crippen LogP contribution in [0.3, 0.4) is 0 Å². The monoisotopic (exact) mass is 370 g/mol. The Balaban J connectivity index is 1.64. The number of aromatic nitrogens is 1. The molecular weight excluding hydrogens is 344 g/mol. The summed E-state index contributed by atoms with van der Waals surface area (Å²) < 4.78 is 0. The van der Waals surface area contributed by atoms with Gasteiger partial charge in [-0.1, -0.05) is 36.3 Å². The van der Waals surface area contributed by atoms with Crippen LogP contribution in [0.5, 0.6) is 0 Å². The molecule has 0 unspecified atom stereocenters. The van der Waals surface area contributed by atoms with E-state index in [-0.39, 0.29) is 11.9 Å². The zero-order valence-electron chi connectivity index (χ0n) is 14.6. The second-order valence-corrected chi connectivity index (χ2v) is 8.37. The number of halogens is 1. The first kappa shape index (κ1) is 18.0. The largest absolute Gasteiger partial charge is 0.352 e. The standard InChI is InChI=1S/C17H27ClN4OS/c1-3-6-13-9-21(10-14(13)19-12(2)23)11-15-16(18)20-17(24-15)22-7-4-5-8-22/h13-14H,3-11H2,1-2H3,(H,19,23)/t13-,14-/m1/s1. The number of rotatable bonds is 6. The van der Waals surface area contributed by atoms with Crippen molar-refractivity contribution in [1.82, 2.24) is 15.2 Å². The van der Waals surface area contributed by atoms with E-state index in [4.69, 9.17) is 11.6 Å². The average molecular weight is 371 g/mol. The predicted octanol–water partition coefficient (Wildman–Crippen LogP) is 3.13. The van der Waals surface area contributed by atoms with Gasteiger partial charge in [0.15, 0.2) is 5.13 Å². The first-order valence-electron chi connectivity index (χ1n) is 8.96. The molecule has 1 amide bonds. The molecule has 2 fully saturated rings. The van der Waals surface area contributed by atoms with E-state index in [1.165, 1.54) is 12.8 Å². The lowest BCUT2D eigenvalue weighted by Gasteiger charge is -2.18. The summed E-state index contributed by atoms with van der Waals surface area (Å²) in [4.78, 5) is 21.9. The molecule has 7 heteroatoms. The molecule has 2 saturated heterocycles. The summed E-state index contributed by atoms with van der Waals surface area (Å²) in [5.74, 6) is 0.596. The number of hydrogen-bond donors (Lipinski definition) is 1. The lowest BCUT2D eigenvalue weighted by molar-refractivity contribution is -0.119. The van der Waals surface area contributed by atoms with E-state index < -0.39 is 0 Å². The van der Waals surface area contributed by atoms with Crippen molar-refractivity contribution in [2.75, 3.05) is 31.1 Å². The topological polar surface area (TPSA) is 48.5 Å². The summed E-state index contributed by atoms with van der Waals surface area (Å²) in [6, 6.07) is 0.257. The van der Waals surface area contributed by atoms with Gasteiger partial charge < -0.3 is 10.2 Å². The Kier molecular flexibility index (Phi) is 6.00. The van der Waals surface area contributed by atoms with E-state index in [0.29, 0.717) is 11.1 Å². The van der Waals surface area contributed by atoms with E-state index in [1.54, 1.807) is 18.3 Å². The number of anilines is 1. The van der Waals surface area contributed by atoms with Gasteiger partial charge in [0.1, 0.15) is 5.15 Å². The maximum atomic E-state index is 11.5. The molecule has 2 atom stereocenters. The molecule has 24 heavy (non-hydrogen) atoms. The molecule has 5 nitrogen and oxygen atoms in total. The van der Waals surface area contributed by atoms with Crippen molar-refractivity contribution >= 4 is 34.0 Å². The molecule has 3 rings (SSSR count). The third-order valence-electron chi connectivity index (χ3n) is 4.95. The Hall–Kier alpha value is -0.850. The van der Waals surface area contributed by atoms with Gasteiger partial charge in [-0.2, -0.15) is 0 Å². The fraction of sp³-hybridized carbons (Fsp3) is 0.765. The SMILES string of the molecule is CCC[C@@H]1CN(Cc2sc(N3CCCC3)nc2Cl)C[C@H]1NC(C)=O. The van der Waals surface area contributed by atoms with Crippen molar-refractivity contribution in [2.24, 2.45) is 5.92 Å². The Morgan fingerprint density at radius 1 is 1.38 bits per heavy atom. The zero-order valence-corrected chi connectivity index (χ0v) is 16.1. The maximum absolute atomic E-state index is 11.5. The summed E-state index contributed by atoms with van der Waals surface area (Å²) >= 11 is 8.12. The Morgan fingerprint density at radius 3 is 2.79 bits per heavy atom. The molecular formula is C17H27ClN4OS. The summed E-state index contributed by atoms with van der Waals surface area (Å²) in [6.07, 6.45) is 4.79. The number of nitrogens with zero attached hydrogens (tertiary/aromatic N) is 3. The second kappa shape index (κ2) is 8.02. The number of nitrogens with one attached hydrogen (secondary N) is 1. The molecule has 0 aromatic carbocycles. The highest BCUT2D eigenvalue weighted by Gasteiger charge is 2.33. The van der Waals surface area contributed by atoms with Gasteiger partial charge in [-0.25, -0.2) is 4.98 Å². The molecule has 0 saturated carbocycles. The normalized spacial score (nSPS) is 24.7. The van der Waals surface area contributed by atoms with Crippen molar-refractivity contribution in [1.29, 1.82) is 0 Å².